The summed E-state index contributed by atoms with van der Waals surface area (Å²) in [4.78, 5) is 12.0. The lowest BCUT2D eigenvalue weighted by molar-refractivity contribution is -0.137. The van der Waals surface area contributed by atoms with Crippen LogP contribution in [0.5, 0.6) is 0 Å². The van der Waals surface area contributed by atoms with Crippen molar-refractivity contribution in [1.82, 2.24) is 5.32 Å². The van der Waals surface area contributed by atoms with Crippen molar-refractivity contribution >= 4 is 5.91 Å². The molecule has 0 aliphatic rings. The second kappa shape index (κ2) is 8.51. The first-order valence-electron chi connectivity index (χ1n) is 8.15. The second-order valence-electron chi connectivity index (χ2n) is 6.55. The van der Waals surface area contributed by atoms with Gasteiger partial charge in [-0.25, -0.2) is 0 Å². The number of halogens is 3. The van der Waals surface area contributed by atoms with Gasteiger partial charge in [0.1, 0.15) is 6.10 Å². The Morgan fingerprint density at radius 3 is 2.46 bits per heavy atom. The molecule has 1 rings (SSSR count). The number of nitrogens with one attached hydrogen (secondary N) is 1. The molecule has 0 aromatic heterocycles. The first-order chi connectivity index (χ1) is 11.1. The molecule has 0 aliphatic carbocycles. The van der Waals surface area contributed by atoms with E-state index in [1.165, 1.54) is 6.07 Å². The molecule has 1 aromatic rings. The Hall–Kier alpha value is -1.56. The molecule has 0 spiro atoms. The van der Waals surface area contributed by atoms with E-state index in [1.54, 1.807) is 26.8 Å². The van der Waals surface area contributed by atoms with Gasteiger partial charge in [0, 0.05) is 18.6 Å². The van der Waals surface area contributed by atoms with Crippen LogP contribution in [0, 0.1) is 0 Å². The van der Waals surface area contributed by atoms with Gasteiger partial charge in [0.2, 0.25) is 5.91 Å². The minimum absolute atomic E-state index is 0.231. The van der Waals surface area contributed by atoms with Gasteiger partial charge in [-0.2, -0.15) is 13.2 Å². The molecule has 0 saturated heterocycles. The SMILES string of the molecule is CCCCOC(C)C(=O)NCC(C)(C)c1cccc(C(F)(F)F)c1. The second-order valence-corrected chi connectivity index (χ2v) is 6.55. The van der Waals surface area contributed by atoms with E-state index in [-0.39, 0.29) is 12.5 Å². The zero-order valence-corrected chi connectivity index (χ0v) is 14.7. The lowest BCUT2D eigenvalue weighted by Gasteiger charge is -2.27. The van der Waals surface area contributed by atoms with Crippen LogP contribution in [0.25, 0.3) is 0 Å². The Bertz CT molecular complexity index is 541. The van der Waals surface area contributed by atoms with Crippen molar-refractivity contribution in [3.05, 3.63) is 35.4 Å². The van der Waals surface area contributed by atoms with Crippen molar-refractivity contribution in [3.63, 3.8) is 0 Å². The maximum Gasteiger partial charge on any atom is 0.416 e. The van der Waals surface area contributed by atoms with Gasteiger partial charge >= 0.3 is 6.18 Å². The lowest BCUT2D eigenvalue weighted by Crippen LogP contribution is -2.41. The topological polar surface area (TPSA) is 38.3 Å². The Balaban J connectivity index is 2.68. The van der Waals surface area contributed by atoms with Crippen molar-refractivity contribution in [1.29, 1.82) is 0 Å². The summed E-state index contributed by atoms with van der Waals surface area (Å²) in [6.07, 6.45) is -3.09. The smallest absolute Gasteiger partial charge is 0.369 e. The maximum absolute atomic E-state index is 12.8. The summed E-state index contributed by atoms with van der Waals surface area (Å²) in [5.41, 5.74) is -0.784. The Morgan fingerprint density at radius 2 is 1.88 bits per heavy atom. The third kappa shape index (κ3) is 6.15. The van der Waals surface area contributed by atoms with Crippen molar-refractivity contribution in [2.45, 2.75) is 58.2 Å². The molecule has 1 unspecified atom stereocenters. The number of alkyl halides is 3. The summed E-state index contributed by atoms with van der Waals surface area (Å²) in [6, 6.07) is 5.20. The van der Waals surface area contributed by atoms with Gasteiger partial charge in [0.05, 0.1) is 5.56 Å². The monoisotopic (exact) mass is 345 g/mol. The molecule has 24 heavy (non-hydrogen) atoms. The molecular formula is C18H26F3NO2. The Morgan fingerprint density at radius 1 is 1.25 bits per heavy atom. The van der Waals surface area contributed by atoms with Crippen molar-refractivity contribution in [3.8, 4) is 0 Å². The van der Waals surface area contributed by atoms with Crippen LogP contribution in [0.4, 0.5) is 13.2 Å². The average Bonchev–Trinajstić information content (AvgIpc) is 2.52. The summed E-state index contributed by atoms with van der Waals surface area (Å²) in [7, 11) is 0. The van der Waals surface area contributed by atoms with Crippen LogP contribution in [0.15, 0.2) is 24.3 Å². The highest BCUT2D eigenvalue weighted by Crippen LogP contribution is 2.32. The fourth-order valence-electron chi connectivity index (χ4n) is 2.15. The summed E-state index contributed by atoms with van der Waals surface area (Å²) >= 11 is 0. The highest BCUT2D eigenvalue weighted by molar-refractivity contribution is 5.80. The lowest BCUT2D eigenvalue weighted by atomic mass is 9.83. The zero-order valence-electron chi connectivity index (χ0n) is 14.7. The molecule has 3 nitrogen and oxygen atoms in total. The van der Waals surface area contributed by atoms with Crippen LogP contribution in [0.3, 0.4) is 0 Å². The number of amides is 1. The van der Waals surface area contributed by atoms with Gasteiger partial charge < -0.3 is 10.1 Å². The molecule has 1 aromatic carbocycles. The number of rotatable bonds is 8. The number of ether oxygens (including phenoxy) is 1. The summed E-state index contributed by atoms with van der Waals surface area (Å²) < 4.78 is 43.9. The molecule has 0 fully saturated rings. The van der Waals surface area contributed by atoms with Crippen LogP contribution in [-0.2, 0) is 21.1 Å². The van der Waals surface area contributed by atoms with E-state index >= 15 is 0 Å². The predicted molar refractivity (Wildman–Crippen MR) is 87.8 cm³/mol. The van der Waals surface area contributed by atoms with Gasteiger partial charge in [0.15, 0.2) is 0 Å². The van der Waals surface area contributed by atoms with Crippen molar-refractivity contribution in [2.24, 2.45) is 0 Å². The van der Waals surface area contributed by atoms with Crippen molar-refractivity contribution < 1.29 is 22.7 Å². The molecule has 0 aliphatic heterocycles. The van der Waals surface area contributed by atoms with E-state index in [9.17, 15) is 18.0 Å². The first-order valence-corrected chi connectivity index (χ1v) is 8.15. The number of hydrogen-bond donors (Lipinski definition) is 1. The molecule has 0 bridgehead atoms. The molecule has 0 radical (unpaired) electrons. The number of benzene rings is 1. The largest absolute Gasteiger partial charge is 0.416 e. The van der Waals surface area contributed by atoms with E-state index < -0.39 is 23.3 Å². The fourth-order valence-corrected chi connectivity index (χ4v) is 2.15. The minimum atomic E-state index is -4.38. The van der Waals surface area contributed by atoms with Gasteiger partial charge in [-0.3, -0.25) is 4.79 Å². The van der Waals surface area contributed by atoms with E-state index in [0.717, 1.165) is 25.0 Å². The maximum atomic E-state index is 12.8. The summed E-state index contributed by atoms with van der Waals surface area (Å²) in [6.45, 7) is 8.04. The molecule has 0 saturated carbocycles. The van der Waals surface area contributed by atoms with Crippen LogP contribution in [-0.4, -0.2) is 25.2 Å². The van der Waals surface area contributed by atoms with E-state index in [2.05, 4.69) is 5.32 Å². The predicted octanol–water partition coefficient (Wildman–Crippen LogP) is 4.30. The van der Waals surface area contributed by atoms with Gasteiger partial charge in [-0.05, 0) is 25.0 Å². The third-order valence-corrected chi connectivity index (χ3v) is 3.91. The standard InChI is InChI=1S/C18H26F3NO2/c1-5-6-10-24-13(2)16(23)22-12-17(3,4)14-8-7-9-15(11-14)18(19,20)21/h7-9,11,13H,5-6,10,12H2,1-4H3,(H,22,23). The average molecular weight is 345 g/mol. The number of unbranched alkanes of at least 4 members (excludes halogenated alkanes) is 1. The van der Waals surface area contributed by atoms with E-state index in [1.807, 2.05) is 6.92 Å². The summed E-state index contributed by atoms with van der Waals surface area (Å²) in [5.74, 6) is -0.258. The van der Waals surface area contributed by atoms with Crippen LogP contribution in [0.2, 0.25) is 0 Å². The fraction of sp³-hybridized carbons (Fsp3) is 0.611. The number of carbonyl (C=O) groups excluding carboxylic acids is 1. The van der Waals surface area contributed by atoms with Gasteiger partial charge in [-0.1, -0.05) is 45.4 Å². The molecule has 0 heterocycles. The zero-order chi connectivity index (χ0) is 18.4. The van der Waals surface area contributed by atoms with E-state index in [4.69, 9.17) is 4.74 Å². The normalized spacial score (nSPS) is 13.6. The molecule has 1 atom stereocenters. The van der Waals surface area contributed by atoms with Crippen molar-refractivity contribution in [2.75, 3.05) is 13.2 Å². The van der Waals surface area contributed by atoms with Crippen LogP contribution >= 0.6 is 0 Å². The Kier molecular flexibility index (Phi) is 7.27. The van der Waals surface area contributed by atoms with Gasteiger partial charge in [-0.15, -0.1) is 0 Å². The molecular weight excluding hydrogens is 319 g/mol. The van der Waals surface area contributed by atoms with Crippen LogP contribution < -0.4 is 5.32 Å². The number of carbonyl (C=O) groups is 1. The molecule has 1 amide bonds. The summed E-state index contributed by atoms with van der Waals surface area (Å²) in [5, 5.41) is 2.76. The van der Waals surface area contributed by atoms with Crippen LogP contribution in [0.1, 0.15) is 51.7 Å². The quantitative estimate of drug-likeness (QED) is 0.713. The molecule has 136 valence electrons. The van der Waals surface area contributed by atoms with Gasteiger partial charge in [0.25, 0.3) is 0 Å². The highest BCUT2D eigenvalue weighted by Gasteiger charge is 2.32. The minimum Gasteiger partial charge on any atom is -0.369 e. The Labute approximate surface area is 141 Å². The number of hydrogen-bond acceptors (Lipinski definition) is 2. The molecule has 6 heteroatoms. The first kappa shape index (κ1) is 20.5. The molecule has 1 N–H and O–H groups in total. The van der Waals surface area contributed by atoms with E-state index in [0.29, 0.717) is 12.2 Å². The highest BCUT2D eigenvalue weighted by atomic mass is 19.4. The third-order valence-electron chi connectivity index (χ3n) is 3.91.